The van der Waals surface area contributed by atoms with Crippen LogP contribution in [0.1, 0.15) is 29.2 Å². The van der Waals surface area contributed by atoms with Gasteiger partial charge in [0.15, 0.2) is 4.80 Å². The molecule has 1 atom stereocenters. The number of rotatable bonds is 5. The zero-order valence-corrected chi connectivity index (χ0v) is 18.7. The average molecular weight is 463 g/mol. The summed E-state index contributed by atoms with van der Waals surface area (Å²) < 4.78 is 12.9. The van der Waals surface area contributed by atoms with Gasteiger partial charge in [0.05, 0.1) is 28.7 Å². The predicted octanol–water partition coefficient (Wildman–Crippen LogP) is 3.59. The summed E-state index contributed by atoms with van der Waals surface area (Å²) in [5.41, 5.74) is 1.45. The summed E-state index contributed by atoms with van der Waals surface area (Å²) in [6.45, 7) is 1.99. The van der Waals surface area contributed by atoms with Crippen LogP contribution in [0.15, 0.2) is 86.0 Å². The Bertz CT molecular complexity index is 1460. The van der Waals surface area contributed by atoms with Crippen molar-refractivity contribution in [2.45, 2.75) is 13.0 Å². The Morgan fingerprint density at radius 2 is 2.03 bits per heavy atom. The molecule has 1 aliphatic rings. The number of thiazole rings is 1. The largest absolute Gasteiger partial charge is 0.465 e. The smallest absolute Gasteiger partial charge is 0.338 e. The Kier molecular flexibility index (Phi) is 5.46. The fraction of sp³-hybridized carbons (Fsp3) is 0.125. The number of furan rings is 1. The molecule has 4 heterocycles. The number of carbonyl (C=O) groups is 1. The molecule has 1 aromatic carbocycles. The highest BCUT2D eigenvalue weighted by Crippen LogP contribution is 2.36. The minimum absolute atomic E-state index is 0.225. The van der Waals surface area contributed by atoms with E-state index in [0.717, 1.165) is 10.4 Å². The maximum Gasteiger partial charge on any atom is 0.338 e. The summed E-state index contributed by atoms with van der Waals surface area (Å²) in [5, 5.41) is 1.93. The highest BCUT2D eigenvalue weighted by atomic mass is 32.1. The summed E-state index contributed by atoms with van der Waals surface area (Å²) in [6.07, 6.45) is 3.26. The number of ether oxygens (including phenoxy) is 1. The zero-order chi connectivity index (χ0) is 22.1. The van der Waals surface area contributed by atoms with Crippen LogP contribution in [0.5, 0.6) is 0 Å². The molecule has 0 fully saturated rings. The van der Waals surface area contributed by atoms with Crippen molar-refractivity contribution in [3.05, 3.63) is 108 Å². The van der Waals surface area contributed by atoms with Gasteiger partial charge in [-0.1, -0.05) is 47.7 Å². The van der Waals surface area contributed by atoms with Crippen molar-refractivity contribution >= 4 is 40.4 Å². The van der Waals surface area contributed by atoms with Gasteiger partial charge < -0.3 is 9.15 Å². The highest BCUT2D eigenvalue weighted by Gasteiger charge is 2.35. The lowest BCUT2D eigenvalue weighted by atomic mass is 9.97. The van der Waals surface area contributed by atoms with Gasteiger partial charge in [-0.25, -0.2) is 9.79 Å². The van der Waals surface area contributed by atoms with E-state index < -0.39 is 12.0 Å². The molecule has 0 bridgehead atoms. The number of aromatic nitrogens is 1. The number of hydrogen-bond donors (Lipinski definition) is 0. The van der Waals surface area contributed by atoms with Crippen molar-refractivity contribution in [1.82, 2.24) is 4.57 Å². The number of esters is 1. The molecule has 32 heavy (non-hydrogen) atoms. The van der Waals surface area contributed by atoms with E-state index in [2.05, 4.69) is 0 Å². The van der Waals surface area contributed by atoms with Crippen molar-refractivity contribution in [2.75, 3.05) is 6.61 Å². The van der Waals surface area contributed by atoms with Crippen molar-refractivity contribution in [3.63, 3.8) is 0 Å². The van der Waals surface area contributed by atoms with Crippen LogP contribution in [0, 0.1) is 0 Å². The van der Waals surface area contributed by atoms with Gasteiger partial charge in [-0.2, -0.15) is 0 Å². The molecule has 0 saturated carbocycles. The van der Waals surface area contributed by atoms with Crippen LogP contribution < -0.4 is 14.9 Å². The van der Waals surface area contributed by atoms with Crippen LogP contribution in [-0.2, 0) is 9.53 Å². The highest BCUT2D eigenvalue weighted by molar-refractivity contribution is 7.10. The summed E-state index contributed by atoms with van der Waals surface area (Å²) in [5.74, 6) is 0.102. The molecule has 8 heteroatoms. The van der Waals surface area contributed by atoms with E-state index in [0.29, 0.717) is 26.4 Å². The number of benzene rings is 1. The van der Waals surface area contributed by atoms with E-state index in [1.165, 1.54) is 22.7 Å². The van der Waals surface area contributed by atoms with Gasteiger partial charge in [-0.15, -0.1) is 11.3 Å². The minimum Gasteiger partial charge on any atom is -0.465 e. The number of thiophene rings is 1. The fourth-order valence-corrected chi connectivity index (χ4v) is 5.46. The predicted molar refractivity (Wildman–Crippen MR) is 124 cm³/mol. The Labute approximate surface area is 191 Å². The van der Waals surface area contributed by atoms with Gasteiger partial charge in [-0.3, -0.25) is 9.36 Å². The Morgan fingerprint density at radius 1 is 1.19 bits per heavy atom. The van der Waals surface area contributed by atoms with Crippen LogP contribution in [0.25, 0.3) is 11.8 Å². The third kappa shape index (κ3) is 3.57. The van der Waals surface area contributed by atoms with Crippen LogP contribution in [-0.4, -0.2) is 17.1 Å². The number of hydrogen-bond acceptors (Lipinski definition) is 7. The number of nitrogens with zero attached hydrogens (tertiary/aromatic N) is 2. The van der Waals surface area contributed by atoms with E-state index in [1.54, 1.807) is 36.0 Å². The van der Waals surface area contributed by atoms with Crippen LogP contribution in [0.3, 0.4) is 0 Å². The summed E-state index contributed by atoms with van der Waals surface area (Å²) in [7, 11) is 0. The maximum absolute atomic E-state index is 13.5. The summed E-state index contributed by atoms with van der Waals surface area (Å²) in [4.78, 5) is 32.9. The molecule has 160 valence electrons. The molecule has 0 radical (unpaired) electrons. The van der Waals surface area contributed by atoms with Crippen LogP contribution in [0.2, 0.25) is 0 Å². The van der Waals surface area contributed by atoms with Crippen molar-refractivity contribution in [2.24, 2.45) is 4.99 Å². The van der Waals surface area contributed by atoms with Gasteiger partial charge in [0.2, 0.25) is 0 Å². The first-order valence-electron chi connectivity index (χ1n) is 10.0. The number of carbonyl (C=O) groups excluding carboxylic acids is 1. The second kappa shape index (κ2) is 8.57. The van der Waals surface area contributed by atoms with Crippen molar-refractivity contribution < 1.29 is 13.9 Å². The molecule has 3 aromatic heterocycles. The second-order valence-corrected chi connectivity index (χ2v) is 8.95. The Morgan fingerprint density at radius 3 is 2.72 bits per heavy atom. The van der Waals surface area contributed by atoms with Gasteiger partial charge in [0, 0.05) is 16.5 Å². The Balaban J connectivity index is 1.83. The molecule has 5 rings (SSSR count). The molecule has 1 aliphatic heterocycles. The van der Waals surface area contributed by atoms with Gasteiger partial charge >= 0.3 is 5.97 Å². The van der Waals surface area contributed by atoms with Crippen molar-refractivity contribution in [1.29, 1.82) is 0 Å². The van der Waals surface area contributed by atoms with E-state index in [1.807, 2.05) is 47.8 Å². The molecular weight excluding hydrogens is 444 g/mol. The zero-order valence-electron chi connectivity index (χ0n) is 17.1. The normalized spacial score (nSPS) is 16.0. The molecule has 0 N–H and O–H groups in total. The lowest BCUT2D eigenvalue weighted by Crippen LogP contribution is -2.39. The first kappa shape index (κ1) is 20.4. The van der Waals surface area contributed by atoms with Crippen LogP contribution >= 0.6 is 22.7 Å². The summed E-state index contributed by atoms with van der Waals surface area (Å²) >= 11 is 2.76. The molecule has 0 saturated heterocycles. The van der Waals surface area contributed by atoms with E-state index in [4.69, 9.17) is 14.1 Å². The molecule has 1 unspecified atom stereocenters. The molecule has 0 amide bonds. The van der Waals surface area contributed by atoms with Gasteiger partial charge in [-0.05, 0) is 30.5 Å². The first-order valence-corrected chi connectivity index (χ1v) is 11.7. The van der Waals surface area contributed by atoms with E-state index in [-0.39, 0.29) is 12.2 Å². The minimum atomic E-state index is -0.626. The average Bonchev–Trinajstić information content (AvgIpc) is 3.57. The maximum atomic E-state index is 13.5. The van der Waals surface area contributed by atoms with E-state index in [9.17, 15) is 9.59 Å². The third-order valence-corrected chi connectivity index (χ3v) is 6.91. The lowest BCUT2D eigenvalue weighted by Gasteiger charge is -2.24. The SMILES string of the molecule is CCOC(=O)C1=C(c2ccccc2)N=c2s/c(=C/c3ccco3)c(=O)n2C1c1cccs1. The standard InChI is InChI=1S/C24H18N2O4S2/c1-2-29-23(28)19-20(15-8-4-3-5-9-15)25-24-26(21(19)17-11-7-13-31-17)22(27)18(32-24)14-16-10-6-12-30-16/h3-14,21H,2H2,1H3/b18-14+. The fourth-order valence-electron chi connectivity index (χ4n) is 3.66. The molecule has 6 nitrogen and oxygen atoms in total. The first-order chi connectivity index (χ1) is 15.7. The van der Waals surface area contributed by atoms with Crippen LogP contribution in [0.4, 0.5) is 0 Å². The topological polar surface area (TPSA) is 73.8 Å². The molecule has 0 spiro atoms. The molecule has 4 aromatic rings. The summed E-state index contributed by atoms with van der Waals surface area (Å²) in [6, 6.07) is 16.3. The monoisotopic (exact) mass is 462 g/mol. The Hall–Kier alpha value is -3.49. The van der Waals surface area contributed by atoms with Crippen molar-refractivity contribution in [3.8, 4) is 0 Å². The lowest BCUT2D eigenvalue weighted by molar-refractivity contribution is -0.138. The van der Waals surface area contributed by atoms with Gasteiger partial charge in [0.1, 0.15) is 11.8 Å². The quantitative estimate of drug-likeness (QED) is 0.425. The molecular formula is C24H18N2O4S2. The number of fused-ring (bicyclic) bond motifs is 1. The van der Waals surface area contributed by atoms with E-state index >= 15 is 0 Å². The third-order valence-electron chi connectivity index (χ3n) is 5.00. The molecule has 0 aliphatic carbocycles. The van der Waals surface area contributed by atoms with Gasteiger partial charge in [0.25, 0.3) is 5.56 Å². The second-order valence-electron chi connectivity index (χ2n) is 6.96.